The summed E-state index contributed by atoms with van der Waals surface area (Å²) < 4.78 is 0. The molecule has 0 radical (unpaired) electrons. The van der Waals surface area contributed by atoms with Gasteiger partial charge in [0.1, 0.15) is 0 Å². The SMILES string of the molecule is CCC(C)C1CN(C2CC2C)CCCN1. The lowest BCUT2D eigenvalue weighted by atomic mass is 9.99. The minimum Gasteiger partial charge on any atom is -0.312 e. The second-order valence-electron chi connectivity index (χ2n) is 5.57. The average Bonchev–Trinajstić information content (AvgIpc) is 2.98. The van der Waals surface area contributed by atoms with Crippen LogP contribution in [0.25, 0.3) is 0 Å². The highest BCUT2D eigenvalue weighted by Gasteiger charge is 2.39. The Morgan fingerprint density at radius 1 is 1.47 bits per heavy atom. The Hall–Kier alpha value is -0.0800. The third-order valence-electron chi connectivity index (χ3n) is 4.33. The van der Waals surface area contributed by atoms with E-state index < -0.39 is 0 Å². The summed E-state index contributed by atoms with van der Waals surface area (Å²) in [5.41, 5.74) is 0. The number of nitrogens with zero attached hydrogens (tertiary/aromatic N) is 1. The maximum Gasteiger partial charge on any atom is 0.0220 e. The molecule has 15 heavy (non-hydrogen) atoms. The zero-order valence-electron chi connectivity index (χ0n) is 10.5. The van der Waals surface area contributed by atoms with Crippen LogP contribution in [0.5, 0.6) is 0 Å². The van der Waals surface area contributed by atoms with E-state index in [4.69, 9.17) is 0 Å². The molecule has 1 N–H and O–H groups in total. The summed E-state index contributed by atoms with van der Waals surface area (Å²) >= 11 is 0. The van der Waals surface area contributed by atoms with E-state index in [1.807, 2.05) is 0 Å². The fraction of sp³-hybridized carbons (Fsp3) is 1.00. The largest absolute Gasteiger partial charge is 0.312 e. The molecule has 0 aromatic heterocycles. The van der Waals surface area contributed by atoms with Crippen molar-refractivity contribution in [2.75, 3.05) is 19.6 Å². The van der Waals surface area contributed by atoms with Crippen molar-refractivity contribution in [3.63, 3.8) is 0 Å². The molecule has 0 aromatic carbocycles. The van der Waals surface area contributed by atoms with Gasteiger partial charge in [-0.15, -0.1) is 0 Å². The van der Waals surface area contributed by atoms with E-state index in [-0.39, 0.29) is 0 Å². The van der Waals surface area contributed by atoms with Crippen LogP contribution in [0.4, 0.5) is 0 Å². The Bertz CT molecular complexity index is 193. The topological polar surface area (TPSA) is 15.3 Å². The highest BCUT2D eigenvalue weighted by Crippen LogP contribution is 2.35. The molecule has 1 saturated heterocycles. The third-order valence-corrected chi connectivity index (χ3v) is 4.33. The normalized spacial score (nSPS) is 39.8. The van der Waals surface area contributed by atoms with Crippen molar-refractivity contribution in [1.82, 2.24) is 10.2 Å². The molecule has 0 amide bonds. The molecule has 1 aliphatic carbocycles. The van der Waals surface area contributed by atoms with Gasteiger partial charge in [0.15, 0.2) is 0 Å². The molecule has 0 spiro atoms. The van der Waals surface area contributed by atoms with Crippen LogP contribution in [-0.2, 0) is 0 Å². The van der Waals surface area contributed by atoms with Gasteiger partial charge in [0.25, 0.3) is 0 Å². The van der Waals surface area contributed by atoms with Crippen molar-refractivity contribution in [2.45, 2.75) is 52.1 Å². The fourth-order valence-electron chi connectivity index (χ4n) is 2.76. The summed E-state index contributed by atoms with van der Waals surface area (Å²) in [4.78, 5) is 2.74. The van der Waals surface area contributed by atoms with E-state index in [9.17, 15) is 0 Å². The van der Waals surface area contributed by atoms with Gasteiger partial charge in [-0.25, -0.2) is 0 Å². The smallest absolute Gasteiger partial charge is 0.0220 e. The van der Waals surface area contributed by atoms with Gasteiger partial charge in [0.2, 0.25) is 0 Å². The van der Waals surface area contributed by atoms with Gasteiger partial charge in [-0.1, -0.05) is 27.2 Å². The van der Waals surface area contributed by atoms with Gasteiger partial charge in [-0.3, -0.25) is 4.90 Å². The number of nitrogens with one attached hydrogen (secondary N) is 1. The second kappa shape index (κ2) is 4.84. The van der Waals surface area contributed by atoms with Gasteiger partial charge in [0.05, 0.1) is 0 Å². The van der Waals surface area contributed by atoms with E-state index in [0.29, 0.717) is 0 Å². The lowest BCUT2D eigenvalue weighted by Gasteiger charge is -2.28. The van der Waals surface area contributed by atoms with Gasteiger partial charge < -0.3 is 5.32 Å². The van der Waals surface area contributed by atoms with Crippen molar-refractivity contribution in [3.8, 4) is 0 Å². The molecule has 2 rings (SSSR count). The minimum absolute atomic E-state index is 0.727. The fourth-order valence-corrected chi connectivity index (χ4v) is 2.76. The monoisotopic (exact) mass is 210 g/mol. The van der Waals surface area contributed by atoms with Crippen molar-refractivity contribution < 1.29 is 0 Å². The zero-order chi connectivity index (χ0) is 10.8. The molecule has 4 unspecified atom stereocenters. The zero-order valence-corrected chi connectivity index (χ0v) is 10.5. The Morgan fingerprint density at radius 2 is 2.20 bits per heavy atom. The maximum absolute atomic E-state index is 3.72. The standard InChI is InChI=1S/C13H26N2/c1-4-10(2)12-9-15(7-5-6-14-12)13-8-11(13)3/h10-14H,4-9H2,1-3H3. The third kappa shape index (κ3) is 2.73. The first kappa shape index (κ1) is 11.4. The highest BCUT2D eigenvalue weighted by molar-refractivity contribution is 4.95. The molecule has 2 nitrogen and oxygen atoms in total. The van der Waals surface area contributed by atoms with Crippen molar-refractivity contribution in [1.29, 1.82) is 0 Å². The van der Waals surface area contributed by atoms with Gasteiger partial charge in [-0.05, 0) is 37.8 Å². The molecule has 2 aliphatic rings. The summed E-state index contributed by atoms with van der Waals surface area (Å²) in [6.45, 7) is 10.9. The van der Waals surface area contributed by atoms with Crippen LogP contribution in [0.2, 0.25) is 0 Å². The van der Waals surface area contributed by atoms with Crippen LogP contribution in [-0.4, -0.2) is 36.6 Å². The Labute approximate surface area is 94.4 Å². The summed E-state index contributed by atoms with van der Waals surface area (Å²) in [7, 11) is 0. The quantitative estimate of drug-likeness (QED) is 0.767. The van der Waals surface area contributed by atoms with Crippen LogP contribution >= 0.6 is 0 Å². The van der Waals surface area contributed by atoms with E-state index in [0.717, 1.165) is 23.9 Å². The van der Waals surface area contributed by atoms with Crippen molar-refractivity contribution >= 4 is 0 Å². The first-order chi connectivity index (χ1) is 7.22. The van der Waals surface area contributed by atoms with Crippen molar-refractivity contribution in [3.05, 3.63) is 0 Å². The minimum atomic E-state index is 0.727. The lowest BCUT2D eigenvalue weighted by molar-refractivity contribution is 0.223. The molecule has 88 valence electrons. The van der Waals surface area contributed by atoms with E-state index >= 15 is 0 Å². The van der Waals surface area contributed by atoms with Crippen molar-refractivity contribution in [2.24, 2.45) is 11.8 Å². The molecular weight excluding hydrogens is 184 g/mol. The molecule has 4 atom stereocenters. The first-order valence-corrected chi connectivity index (χ1v) is 6.69. The Morgan fingerprint density at radius 3 is 2.80 bits per heavy atom. The molecule has 1 heterocycles. The van der Waals surface area contributed by atoms with E-state index in [1.54, 1.807) is 0 Å². The predicted octanol–water partition coefficient (Wildman–Crippen LogP) is 2.10. The van der Waals surface area contributed by atoms with Crippen LogP contribution < -0.4 is 5.32 Å². The molecule has 1 aliphatic heterocycles. The first-order valence-electron chi connectivity index (χ1n) is 6.69. The number of hydrogen-bond acceptors (Lipinski definition) is 2. The Balaban J connectivity index is 1.90. The Kier molecular flexibility index (Phi) is 3.68. The van der Waals surface area contributed by atoms with Crippen LogP contribution in [0.1, 0.15) is 40.0 Å². The molecule has 0 bridgehead atoms. The van der Waals surface area contributed by atoms with Gasteiger partial charge in [-0.2, -0.15) is 0 Å². The average molecular weight is 210 g/mol. The highest BCUT2D eigenvalue weighted by atomic mass is 15.2. The summed E-state index contributed by atoms with van der Waals surface area (Å²) in [5.74, 6) is 1.78. The number of hydrogen-bond donors (Lipinski definition) is 1. The van der Waals surface area contributed by atoms with E-state index in [1.165, 1.54) is 38.9 Å². The molecule has 1 saturated carbocycles. The van der Waals surface area contributed by atoms with Gasteiger partial charge >= 0.3 is 0 Å². The molecule has 2 fully saturated rings. The maximum atomic E-state index is 3.72. The molecule has 0 aromatic rings. The summed E-state index contributed by atoms with van der Waals surface area (Å²) in [6.07, 6.45) is 4.06. The van der Waals surface area contributed by atoms with E-state index in [2.05, 4.69) is 31.0 Å². The van der Waals surface area contributed by atoms with Crippen LogP contribution in [0.3, 0.4) is 0 Å². The van der Waals surface area contributed by atoms with Gasteiger partial charge in [0, 0.05) is 18.6 Å². The van der Waals surface area contributed by atoms with Crippen LogP contribution in [0, 0.1) is 11.8 Å². The molecule has 2 heteroatoms. The summed E-state index contributed by atoms with van der Waals surface area (Å²) in [5, 5.41) is 3.72. The predicted molar refractivity (Wildman–Crippen MR) is 65.0 cm³/mol. The second-order valence-corrected chi connectivity index (χ2v) is 5.57. The van der Waals surface area contributed by atoms with Crippen LogP contribution in [0.15, 0.2) is 0 Å². The number of rotatable bonds is 3. The lowest BCUT2D eigenvalue weighted by Crippen LogP contribution is -2.42. The summed E-state index contributed by atoms with van der Waals surface area (Å²) in [6, 6.07) is 1.64. The molecular formula is C13H26N2.